The van der Waals surface area contributed by atoms with Crippen molar-refractivity contribution in [2.24, 2.45) is 0 Å². The zero-order valence-corrected chi connectivity index (χ0v) is 16.5. The highest BCUT2D eigenvalue weighted by atomic mass is 16.6. The number of carbonyl (C=O) groups excluding carboxylic acids is 1. The molecule has 1 unspecified atom stereocenters. The Hall–Kier alpha value is -2.97. The van der Waals surface area contributed by atoms with Crippen LogP contribution in [0.3, 0.4) is 0 Å². The number of carbonyl (C=O) groups is 1. The third-order valence-electron chi connectivity index (χ3n) is 5.65. The molecular weight excluding hydrogens is 374 g/mol. The molecular formula is C20H25N5O4. The van der Waals surface area contributed by atoms with E-state index in [-0.39, 0.29) is 23.4 Å². The van der Waals surface area contributed by atoms with Crippen molar-refractivity contribution in [3.63, 3.8) is 0 Å². The molecule has 0 radical (unpaired) electrons. The van der Waals surface area contributed by atoms with Gasteiger partial charge in [-0.05, 0) is 44.7 Å². The summed E-state index contributed by atoms with van der Waals surface area (Å²) >= 11 is 0. The van der Waals surface area contributed by atoms with Crippen molar-refractivity contribution < 1.29 is 14.5 Å². The Kier molecular flexibility index (Phi) is 5.46. The largest absolute Gasteiger partial charge is 0.487 e. The second kappa shape index (κ2) is 8.18. The molecule has 3 heterocycles. The maximum atomic E-state index is 13.2. The van der Waals surface area contributed by atoms with E-state index in [1.807, 2.05) is 0 Å². The lowest BCUT2D eigenvalue weighted by Crippen LogP contribution is -2.32. The monoisotopic (exact) mass is 399 g/mol. The van der Waals surface area contributed by atoms with Crippen LogP contribution in [-0.2, 0) is 13.0 Å². The van der Waals surface area contributed by atoms with E-state index < -0.39 is 4.92 Å². The highest BCUT2D eigenvalue weighted by Crippen LogP contribution is 2.35. The van der Waals surface area contributed by atoms with Gasteiger partial charge in [0, 0.05) is 31.1 Å². The summed E-state index contributed by atoms with van der Waals surface area (Å²) in [5.41, 5.74) is 0.104. The summed E-state index contributed by atoms with van der Waals surface area (Å²) in [5.74, 6) is 1.79. The SMILES string of the molecule is CCOc1ccc(C(=O)N2CCCC2c2nnc3n2CCCCC3)cc1[N+](=O)[O-]. The number of ether oxygens (including phenoxy) is 1. The smallest absolute Gasteiger partial charge is 0.311 e. The summed E-state index contributed by atoms with van der Waals surface area (Å²) in [4.78, 5) is 25.9. The van der Waals surface area contributed by atoms with Crippen LogP contribution in [0.1, 0.15) is 67.1 Å². The molecule has 1 amide bonds. The van der Waals surface area contributed by atoms with Crippen molar-refractivity contribution in [3.05, 3.63) is 45.5 Å². The summed E-state index contributed by atoms with van der Waals surface area (Å²) < 4.78 is 7.49. The van der Waals surface area contributed by atoms with Crippen LogP contribution in [0.15, 0.2) is 18.2 Å². The van der Waals surface area contributed by atoms with Gasteiger partial charge < -0.3 is 14.2 Å². The van der Waals surface area contributed by atoms with Crippen molar-refractivity contribution in [1.29, 1.82) is 0 Å². The summed E-state index contributed by atoms with van der Waals surface area (Å²) in [5, 5.41) is 20.2. The average molecular weight is 399 g/mol. The molecule has 0 aliphatic carbocycles. The van der Waals surface area contributed by atoms with E-state index in [4.69, 9.17) is 4.74 Å². The minimum Gasteiger partial charge on any atom is -0.487 e. The third kappa shape index (κ3) is 3.68. The minimum absolute atomic E-state index is 0.146. The number of nitro groups is 1. The van der Waals surface area contributed by atoms with E-state index in [2.05, 4.69) is 14.8 Å². The van der Waals surface area contributed by atoms with Crippen molar-refractivity contribution in [3.8, 4) is 5.75 Å². The Morgan fingerprint density at radius 1 is 1.24 bits per heavy atom. The number of aryl methyl sites for hydroxylation is 1. The average Bonchev–Trinajstić information content (AvgIpc) is 3.28. The number of nitrogens with zero attached hydrogens (tertiary/aromatic N) is 5. The molecule has 9 heteroatoms. The molecule has 1 atom stereocenters. The number of aromatic nitrogens is 3. The topological polar surface area (TPSA) is 103 Å². The van der Waals surface area contributed by atoms with Crippen LogP contribution in [0.2, 0.25) is 0 Å². The van der Waals surface area contributed by atoms with Gasteiger partial charge in [-0.2, -0.15) is 0 Å². The van der Waals surface area contributed by atoms with Crippen LogP contribution in [0.25, 0.3) is 0 Å². The van der Waals surface area contributed by atoms with E-state index in [0.717, 1.165) is 50.3 Å². The van der Waals surface area contributed by atoms with Crippen LogP contribution in [0.5, 0.6) is 5.75 Å². The third-order valence-corrected chi connectivity index (χ3v) is 5.65. The summed E-state index contributed by atoms with van der Waals surface area (Å²) in [6.07, 6.45) is 5.98. The van der Waals surface area contributed by atoms with Crippen molar-refractivity contribution >= 4 is 11.6 Å². The lowest BCUT2D eigenvalue weighted by Gasteiger charge is -2.25. The molecule has 0 N–H and O–H groups in total. The van der Waals surface area contributed by atoms with Crippen LogP contribution < -0.4 is 4.74 Å². The van der Waals surface area contributed by atoms with Gasteiger partial charge in [-0.3, -0.25) is 14.9 Å². The molecule has 9 nitrogen and oxygen atoms in total. The number of hydrogen-bond donors (Lipinski definition) is 0. The number of nitro benzene ring substituents is 1. The molecule has 1 saturated heterocycles. The molecule has 1 aromatic heterocycles. The standard InChI is InChI=1S/C20H25N5O4/c1-2-29-17-10-9-14(13-16(17)25(27)28)20(26)23-12-6-7-15(23)19-22-21-18-8-4-3-5-11-24(18)19/h9-10,13,15H,2-8,11-12H2,1H3. The van der Waals surface area contributed by atoms with Gasteiger partial charge in [-0.1, -0.05) is 6.42 Å². The van der Waals surface area contributed by atoms with E-state index in [1.165, 1.54) is 18.6 Å². The Morgan fingerprint density at radius 3 is 2.90 bits per heavy atom. The van der Waals surface area contributed by atoms with Gasteiger partial charge in [-0.25, -0.2) is 0 Å². The summed E-state index contributed by atoms with van der Waals surface area (Å²) in [6, 6.07) is 4.27. The van der Waals surface area contributed by atoms with Crippen LogP contribution in [-0.4, -0.2) is 43.6 Å². The second-order valence-electron chi connectivity index (χ2n) is 7.47. The Morgan fingerprint density at radius 2 is 2.10 bits per heavy atom. The zero-order chi connectivity index (χ0) is 20.4. The molecule has 154 valence electrons. The molecule has 2 aliphatic rings. The first-order valence-electron chi connectivity index (χ1n) is 10.2. The second-order valence-corrected chi connectivity index (χ2v) is 7.47. The maximum absolute atomic E-state index is 13.2. The minimum atomic E-state index is -0.512. The van der Waals surface area contributed by atoms with Gasteiger partial charge in [0.1, 0.15) is 5.82 Å². The molecule has 0 saturated carbocycles. The van der Waals surface area contributed by atoms with Gasteiger partial charge in [0.2, 0.25) is 0 Å². The number of rotatable bonds is 5. The van der Waals surface area contributed by atoms with Crippen molar-refractivity contribution in [2.75, 3.05) is 13.2 Å². The van der Waals surface area contributed by atoms with Gasteiger partial charge in [0.05, 0.1) is 17.6 Å². The number of fused-ring (bicyclic) bond motifs is 1. The highest BCUT2D eigenvalue weighted by molar-refractivity contribution is 5.95. The fourth-order valence-electron chi connectivity index (χ4n) is 4.27. The summed E-state index contributed by atoms with van der Waals surface area (Å²) in [7, 11) is 0. The highest BCUT2D eigenvalue weighted by Gasteiger charge is 2.35. The lowest BCUT2D eigenvalue weighted by atomic mass is 10.1. The molecule has 1 aromatic carbocycles. The first-order chi connectivity index (χ1) is 14.1. The number of benzene rings is 1. The predicted octanol–water partition coefficient (Wildman–Crippen LogP) is 3.29. The Bertz CT molecular complexity index is 926. The molecule has 29 heavy (non-hydrogen) atoms. The number of amides is 1. The van der Waals surface area contributed by atoms with Crippen LogP contribution in [0.4, 0.5) is 5.69 Å². The fraction of sp³-hybridized carbons (Fsp3) is 0.550. The number of likely N-dealkylation sites (tertiary alicyclic amines) is 1. The predicted molar refractivity (Wildman–Crippen MR) is 105 cm³/mol. The lowest BCUT2D eigenvalue weighted by molar-refractivity contribution is -0.385. The molecule has 4 rings (SSSR count). The van der Waals surface area contributed by atoms with E-state index in [9.17, 15) is 14.9 Å². The van der Waals surface area contributed by atoms with E-state index in [1.54, 1.807) is 17.9 Å². The number of hydrogen-bond acceptors (Lipinski definition) is 6. The Balaban J connectivity index is 1.63. The van der Waals surface area contributed by atoms with E-state index in [0.29, 0.717) is 18.7 Å². The van der Waals surface area contributed by atoms with E-state index >= 15 is 0 Å². The molecule has 0 spiro atoms. The molecule has 1 fully saturated rings. The van der Waals surface area contributed by atoms with Crippen molar-refractivity contribution in [1.82, 2.24) is 19.7 Å². The van der Waals surface area contributed by atoms with Crippen LogP contribution >= 0.6 is 0 Å². The fourth-order valence-corrected chi connectivity index (χ4v) is 4.27. The van der Waals surface area contributed by atoms with Gasteiger partial charge in [0.15, 0.2) is 11.6 Å². The normalized spacial score (nSPS) is 18.9. The first-order valence-corrected chi connectivity index (χ1v) is 10.2. The first kappa shape index (κ1) is 19.4. The van der Waals surface area contributed by atoms with Crippen LogP contribution in [0, 0.1) is 10.1 Å². The van der Waals surface area contributed by atoms with Gasteiger partial charge in [-0.15, -0.1) is 10.2 Å². The maximum Gasteiger partial charge on any atom is 0.311 e. The molecule has 2 aromatic rings. The van der Waals surface area contributed by atoms with Crippen molar-refractivity contribution in [2.45, 2.75) is 58.0 Å². The quantitative estimate of drug-likeness (QED) is 0.564. The molecule has 0 bridgehead atoms. The van der Waals surface area contributed by atoms with Gasteiger partial charge in [0.25, 0.3) is 5.91 Å². The zero-order valence-electron chi connectivity index (χ0n) is 16.5. The molecule has 2 aliphatic heterocycles. The van der Waals surface area contributed by atoms with Gasteiger partial charge >= 0.3 is 5.69 Å². The summed E-state index contributed by atoms with van der Waals surface area (Å²) in [6.45, 7) is 3.57. The Labute approximate surface area is 168 Å².